The van der Waals surface area contributed by atoms with Gasteiger partial charge in [0, 0.05) is 38.6 Å². The minimum absolute atomic E-state index is 0.0254. The zero-order valence-corrected chi connectivity index (χ0v) is 16.1. The third kappa shape index (κ3) is 4.88. The molecule has 0 unspecified atom stereocenters. The van der Waals surface area contributed by atoms with Crippen LogP contribution in [0.4, 0.5) is 17.9 Å². The average molecular weight is 375 g/mol. The van der Waals surface area contributed by atoms with Gasteiger partial charge in [0.2, 0.25) is 11.9 Å². The molecule has 1 aliphatic heterocycles. The fraction of sp³-hybridized carbons (Fsp3) is 0.625. The number of carbonyl (C=O) groups is 1. The quantitative estimate of drug-likeness (QED) is 0.735. The molecule has 0 radical (unpaired) electrons. The third-order valence-electron chi connectivity index (χ3n) is 4.03. The van der Waals surface area contributed by atoms with Crippen LogP contribution in [0, 0.1) is 0 Å². The summed E-state index contributed by atoms with van der Waals surface area (Å²) < 4.78 is 5.36. The van der Waals surface area contributed by atoms with Crippen molar-refractivity contribution in [3.63, 3.8) is 0 Å². The summed E-state index contributed by atoms with van der Waals surface area (Å²) >= 11 is 0. The Bertz CT molecular complexity index is 784. The predicted octanol–water partition coefficient (Wildman–Crippen LogP) is 0.451. The molecule has 1 saturated heterocycles. The van der Waals surface area contributed by atoms with Crippen molar-refractivity contribution in [3.05, 3.63) is 11.7 Å². The van der Waals surface area contributed by atoms with Gasteiger partial charge in [0.15, 0.2) is 0 Å². The van der Waals surface area contributed by atoms with E-state index >= 15 is 0 Å². The number of amides is 1. The van der Waals surface area contributed by atoms with Crippen LogP contribution >= 0.6 is 0 Å². The Morgan fingerprint density at radius 2 is 1.89 bits per heavy atom. The summed E-state index contributed by atoms with van der Waals surface area (Å²) in [4.78, 5) is 29.7. The molecule has 11 nitrogen and oxygen atoms in total. The van der Waals surface area contributed by atoms with Gasteiger partial charge in [0.1, 0.15) is 5.82 Å². The lowest BCUT2D eigenvalue weighted by atomic mass is 10.3. The summed E-state index contributed by atoms with van der Waals surface area (Å²) in [6.45, 7) is 9.29. The molecule has 11 heteroatoms. The lowest BCUT2D eigenvalue weighted by molar-refractivity contribution is 0.0909. The van der Waals surface area contributed by atoms with Crippen molar-refractivity contribution in [2.45, 2.75) is 33.2 Å². The molecule has 27 heavy (non-hydrogen) atoms. The van der Waals surface area contributed by atoms with Crippen molar-refractivity contribution in [3.8, 4) is 0 Å². The van der Waals surface area contributed by atoms with Gasteiger partial charge in [0.05, 0.1) is 0 Å². The monoisotopic (exact) mass is 375 g/mol. The summed E-state index contributed by atoms with van der Waals surface area (Å²) in [7, 11) is 2.10. The topological polar surface area (TPSA) is 125 Å². The van der Waals surface area contributed by atoms with E-state index in [1.807, 2.05) is 20.8 Å². The van der Waals surface area contributed by atoms with Crippen molar-refractivity contribution in [2.24, 2.45) is 0 Å². The largest absolute Gasteiger partial charge is 0.399 e. The Hall–Kier alpha value is -2.82. The summed E-state index contributed by atoms with van der Waals surface area (Å²) in [5, 5.41) is 13.2. The zero-order valence-electron chi connectivity index (χ0n) is 16.1. The molecule has 3 heterocycles. The number of hydrogen-bond acceptors (Lipinski definition) is 10. The second-order valence-corrected chi connectivity index (χ2v) is 6.68. The van der Waals surface area contributed by atoms with Crippen LogP contribution in [0.3, 0.4) is 0 Å². The van der Waals surface area contributed by atoms with Crippen LogP contribution < -0.4 is 15.5 Å². The van der Waals surface area contributed by atoms with Crippen molar-refractivity contribution in [1.82, 2.24) is 35.4 Å². The molecule has 0 bridgehead atoms. The minimum Gasteiger partial charge on any atom is -0.399 e. The second-order valence-electron chi connectivity index (χ2n) is 6.68. The van der Waals surface area contributed by atoms with Gasteiger partial charge in [-0.2, -0.15) is 15.0 Å². The van der Waals surface area contributed by atoms with Gasteiger partial charge >= 0.3 is 17.8 Å². The van der Waals surface area contributed by atoms with Crippen LogP contribution in [0.15, 0.2) is 4.42 Å². The van der Waals surface area contributed by atoms with Gasteiger partial charge < -0.3 is 19.5 Å². The molecule has 2 N–H and O–H groups in total. The SMILES string of the molecule is CCc1nc(Nc2nnc(C(=O)NC(C)C)o2)nc(N2CCN(C)CC2)n1. The van der Waals surface area contributed by atoms with E-state index in [9.17, 15) is 4.79 Å². The van der Waals surface area contributed by atoms with Gasteiger partial charge in [-0.25, -0.2) is 0 Å². The Labute approximate surface area is 157 Å². The maximum Gasteiger partial charge on any atom is 0.322 e. The first-order valence-electron chi connectivity index (χ1n) is 9.04. The Morgan fingerprint density at radius 3 is 2.56 bits per heavy atom. The number of aromatic nitrogens is 5. The molecule has 0 spiro atoms. The molecule has 2 aromatic heterocycles. The molecule has 2 aromatic rings. The van der Waals surface area contributed by atoms with E-state index in [-0.39, 0.29) is 17.9 Å². The van der Waals surface area contributed by atoms with Crippen molar-refractivity contribution in [1.29, 1.82) is 0 Å². The van der Waals surface area contributed by atoms with E-state index in [4.69, 9.17) is 4.42 Å². The van der Waals surface area contributed by atoms with Gasteiger partial charge in [-0.1, -0.05) is 12.0 Å². The van der Waals surface area contributed by atoms with Gasteiger partial charge in [0.25, 0.3) is 0 Å². The Balaban J connectivity index is 1.75. The number of rotatable bonds is 6. The first kappa shape index (κ1) is 19.0. The van der Waals surface area contributed by atoms with E-state index < -0.39 is 5.91 Å². The van der Waals surface area contributed by atoms with Gasteiger partial charge in [-0.05, 0) is 20.9 Å². The van der Waals surface area contributed by atoms with E-state index in [0.29, 0.717) is 24.1 Å². The predicted molar refractivity (Wildman–Crippen MR) is 99.1 cm³/mol. The molecule has 1 amide bonds. The normalized spacial score (nSPS) is 15.2. The summed E-state index contributed by atoms with van der Waals surface area (Å²) in [5.74, 6) is 1.06. The fourth-order valence-electron chi connectivity index (χ4n) is 2.55. The average Bonchev–Trinajstić information content (AvgIpc) is 3.10. The number of carbonyl (C=O) groups excluding carboxylic acids is 1. The Kier molecular flexibility index (Phi) is 5.79. The lowest BCUT2D eigenvalue weighted by Crippen LogP contribution is -2.45. The number of likely N-dealkylation sites (N-methyl/N-ethyl adjacent to an activating group) is 1. The van der Waals surface area contributed by atoms with E-state index in [1.54, 1.807) is 0 Å². The highest BCUT2D eigenvalue weighted by atomic mass is 16.4. The molecule has 0 atom stereocenters. The minimum atomic E-state index is -0.423. The maximum absolute atomic E-state index is 11.9. The summed E-state index contributed by atoms with van der Waals surface area (Å²) in [6, 6.07) is 0.0316. The first-order valence-corrected chi connectivity index (χ1v) is 9.04. The number of nitrogens with zero attached hydrogens (tertiary/aromatic N) is 7. The molecule has 1 aliphatic rings. The van der Waals surface area contributed by atoms with Gasteiger partial charge in [-0.3, -0.25) is 10.1 Å². The van der Waals surface area contributed by atoms with E-state index in [0.717, 1.165) is 26.2 Å². The lowest BCUT2D eigenvalue weighted by Gasteiger charge is -2.32. The highest BCUT2D eigenvalue weighted by Crippen LogP contribution is 2.17. The third-order valence-corrected chi connectivity index (χ3v) is 4.03. The van der Waals surface area contributed by atoms with Crippen LogP contribution in [0.1, 0.15) is 37.3 Å². The molecule has 146 valence electrons. The number of hydrogen-bond donors (Lipinski definition) is 2. The highest BCUT2D eigenvalue weighted by molar-refractivity contribution is 5.89. The fourth-order valence-corrected chi connectivity index (χ4v) is 2.55. The molecule has 0 saturated carbocycles. The van der Waals surface area contributed by atoms with Crippen LogP contribution in [-0.4, -0.2) is 75.2 Å². The molecule has 0 aliphatic carbocycles. The second kappa shape index (κ2) is 8.25. The molecule has 1 fully saturated rings. The van der Waals surface area contributed by atoms with Crippen LogP contribution in [0.5, 0.6) is 0 Å². The Morgan fingerprint density at radius 1 is 1.15 bits per heavy atom. The number of aryl methyl sites for hydroxylation is 1. The standard InChI is InChI=1S/C16H25N9O2/c1-5-11-18-14(20-15(19-11)25-8-6-24(4)7-9-25)21-16-23-22-13(27-16)12(26)17-10(2)3/h10H,5-9H2,1-4H3,(H,17,26)(H,18,19,20,21,23). The maximum atomic E-state index is 11.9. The van der Waals surface area contributed by atoms with Crippen molar-refractivity contribution < 1.29 is 9.21 Å². The van der Waals surface area contributed by atoms with E-state index in [1.165, 1.54) is 0 Å². The molecular formula is C16H25N9O2. The van der Waals surface area contributed by atoms with E-state index in [2.05, 4.69) is 52.6 Å². The summed E-state index contributed by atoms with van der Waals surface area (Å²) in [6.07, 6.45) is 0.670. The zero-order chi connectivity index (χ0) is 19.4. The van der Waals surface area contributed by atoms with Crippen molar-refractivity contribution >= 4 is 23.8 Å². The molecule has 0 aromatic carbocycles. The van der Waals surface area contributed by atoms with Crippen LogP contribution in [-0.2, 0) is 6.42 Å². The smallest absolute Gasteiger partial charge is 0.322 e. The van der Waals surface area contributed by atoms with Gasteiger partial charge in [-0.15, -0.1) is 5.10 Å². The number of nitrogens with one attached hydrogen (secondary N) is 2. The summed E-state index contributed by atoms with van der Waals surface area (Å²) in [5.41, 5.74) is 0. The number of piperazine rings is 1. The van der Waals surface area contributed by atoms with Crippen LogP contribution in [0.2, 0.25) is 0 Å². The highest BCUT2D eigenvalue weighted by Gasteiger charge is 2.20. The van der Waals surface area contributed by atoms with Crippen molar-refractivity contribution in [2.75, 3.05) is 43.4 Å². The van der Waals surface area contributed by atoms with Crippen LogP contribution in [0.25, 0.3) is 0 Å². The number of anilines is 3. The molecular weight excluding hydrogens is 350 g/mol. The first-order chi connectivity index (χ1) is 12.9. The molecule has 3 rings (SSSR count).